The van der Waals surface area contributed by atoms with E-state index in [2.05, 4.69) is 16.9 Å². The van der Waals surface area contributed by atoms with Crippen molar-refractivity contribution in [2.24, 2.45) is 4.99 Å². The summed E-state index contributed by atoms with van der Waals surface area (Å²) in [4.78, 5) is 8.03. The number of aromatic nitrogens is 2. The number of hydrogen-bond donors (Lipinski definition) is 2. The Kier molecular flexibility index (Phi) is 6.14. The van der Waals surface area contributed by atoms with Gasteiger partial charge in [-0.15, -0.1) is 4.73 Å². The Morgan fingerprint density at radius 3 is 2.76 bits per heavy atom. The van der Waals surface area contributed by atoms with E-state index in [9.17, 15) is 5.21 Å². The topological polar surface area (TPSA) is 76.4 Å². The van der Waals surface area contributed by atoms with E-state index < -0.39 is 0 Å². The molecule has 0 bridgehead atoms. The largest absolute Gasteiger partial charge is 0.423 e. The van der Waals surface area contributed by atoms with Gasteiger partial charge in [0.25, 0.3) is 0 Å². The summed E-state index contributed by atoms with van der Waals surface area (Å²) in [5.41, 5.74) is 5.91. The Hall–Kier alpha value is -1.52. The van der Waals surface area contributed by atoms with Gasteiger partial charge in [0.15, 0.2) is 5.49 Å². The Bertz CT molecular complexity index is 386. The van der Waals surface area contributed by atoms with Crippen LogP contribution in [0.1, 0.15) is 45.4 Å². The van der Waals surface area contributed by atoms with Gasteiger partial charge >= 0.3 is 0 Å². The van der Waals surface area contributed by atoms with E-state index >= 15 is 0 Å². The third-order valence-corrected chi connectivity index (χ3v) is 2.65. The minimum absolute atomic E-state index is 0.0641. The lowest BCUT2D eigenvalue weighted by Gasteiger charge is -2.01. The Balaban J connectivity index is 2.31. The minimum atomic E-state index is 0.0641. The monoisotopic (exact) mass is 238 g/mol. The Labute approximate surface area is 102 Å². The fourth-order valence-electron chi connectivity index (χ4n) is 1.63. The van der Waals surface area contributed by atoms with E-state index in [0.717, 1.165) is 17.7 Å². The molecule has 5 nitrogen and oxygen atoms in total. The molecule has 0 unspecified atom stereocenters. The number of nitrogens with two attached hydrogens (primary N) is 1. The zero-order valence-electron chi connectivity index (χ0n) is 10.5. The first-order valence-corrected chi connectivity index (χ1v) is 6.29. The predicted octanol–water partition coefficient (Wildman–Crippen LogP) is 1.96. The van der Waals surface area contributed by atoms with Crippen molar-refractivity contribution in [3.05, 3.63) is 17.8 Å². The molecule has 0 aliphatic rings. The molecule has 96 valence electrons. The van der Waals surface area contributed by atoms with Crippen molar-refractivity contribution in [1.29, 1.82) is 0 Å². The molecule has 0 spiro atoms. The summed E-state index contributed by atoms with van der Waals surface area (Å²) >= 11 is 0. The molecule has 1 aromatic rings. The molecule has 0 aliphatic heterocycles. The first-order chi connectivity index (χ1) is 8.25. The number of anilines is 1. The van der Waals surface area contributed by atoms with Crippen molar-refractivity contribution in [2.45, 2.75) is 45.4 Å². The van der Waals surface area contributed by atoms with Gasteiger partial charge in [-0.2, -0.15) is 0 Å². The highest BCUT2D eigenvalue weighted by Gasteiger charge is 1.95. The second-order valence-electron chi connectivity index (χ2n) is 4.12. The molecular weight excluding hydrogens is 216 g/mol. The van der Waals surface area contributed by atoms with Crippen molar-refractivity contribution >= 4 is 5.95 Å². The number of nitrogens with zero attached hydrogens (tertiary/aromatic N) is 3. The van der Waals surface area contributed by atoms with Gasteiger partial charge in [-0.3, -0.25) is 4.99 Å². The zero-order chi connectivity index (χ0) is 12.5. The molecule has 1 rings (SSSR count). The van der Waals surface area contributed by atoms with Crippen molar-refractivity contribution in [2.75, 3.05) is 12.3 Å². The highest BCUT2D eigenvalue weighted by atomic mass is 16.5. The molecular formula is C12H22N4O. The van der Waals surface area contributed by atoms with Crippen molar-refractivity contribution < 1.29 is 5.21 Å². The maximum absolute atomic E-state index is 9.51. The van der Waals surface area contributed by atoms with Crippen molar-refractivity contribution in [3.8, 4) is 0 Å². The van der Waals surface area contributed by atoms with Gasteiger partial charge in [0, 0.05) is 18.8 Å². The van der Waals surface area contributed by atoms with Gasteiger partial charge in [0.1, 0.15) is 0 Å². The first-order valence-electron chi connectivity index (χ1n) is 6.29. The van der Waals surface area contributed by atoms with Gasteiger partial charge in [0.05, 0.1) is 0 Å². The quantitative estimate of drug-likeness (QED) is 0.563. The Morgan fingerprint density at radius 1 is 1.29 bits per heavy atom. The van der Waals surface area contributed by atoms with Gasteiger partial charge in [-0.1, -0.05) is 39.0 Å². The molecule has 0 amide bonds. The van der Waals surface area contributed by atoms with Crippen LogP contribution in [0.5, 0.6) is 0 Å². The summed E-state index contributed by atoms with van der Waals surface area (Å²) in [6.45, 7) is 2.93. The van der Waals surface area contributed by atoms with Crippen LogP contribution in [0.3, 0.4) is 0 Å². The van der Waals surface area contributed by atoms with Crippen LogP contribution < -0.4 is 11.2 Å². The molecule has 0 aromatic carbocycles. The summed E-state index contributed by atoms with van der Waals surface area (Å²) in [5.74, 6) is 0.0641. The Morgan fingerprint density at radius 2 is 2.00 bits per heavy atom. The molecule has 0 fully saturated rings. The number of unbranched alkanes of at least 4 members (excludes halogenated alkanes) is 5. The van der Waals surface area contributed by atoms with Gasteiger partial charge in [-0.25, -0.2) is 4.98 Å². The van der Waals surface area contributed by atoms with E-state index in [-0.39, 0.29) is 5.95 Å². The molecule has 1 aromatic heterocycles. The summed E-state index contributed by atoms with van der Waals surface area (Å²) in [7, 11) is 0. The maximum atomic E-state index is 9.51. The third-order valence-electron chi connectivity index (χ3n) is 2.65. The number of nitrogen functional groups attached to an aromatic ring is 1. The molecule has 17 heavy (non-hydrogen) atoms. The number of rotatable bonds is 7. The fraction of sp³-hybridized carbons (Fsp3) is 0.667. The summed E-state index contributed by atoms with van der Waals surface area (Å²) < 4.78 is 0.817. The van der Waals surface area contributed by atoms with Gasteiger partial charge < -0.3 is 10.9 Å². The summed E-state index contributed by atoms with van der Waals surface area (Å²) in [6, 6.07) is 1.65. The van der Waals surface area contributed by atoms with Gasteiger partial charge in [-0.05, 0) is 6.42 Å². The SMILES string of the molecule is CCCCCCCCN=c1ccnc(N)n1O. The number of hydrogen-bond acceptors (Lipinski definition) is 4. The molecule has 0 saturated heterocycles. The van der Waals surface area contributed by atoms with Crippen LogP contribution >= 0.6 is 0 Å². The molecule has 0 atom stereocenters. The highest BCUT2D eigenvalue weighted by molar-refractivity contribution is 5.13. The second kappa shape index (κ2) is 7.70. The molecule has 3 N–H and O–H groups in total. The van der Waals surface area contributed by atoms with E-state index in [4.69, 9.17) is 5.73 Å². The van der Waals surface area contributed by atoms with E-state index in [0.29, 0.717) is 5.49 Å². The molecule has 1 heterocycles. The zero-order valence-corrected chi connectivity index (χ0v) is 10.5. The summed E-state index contributed by atoms with van der Waals surface area (Å²) in [6.07, 6.45) is 8.93. The van der Waals surface area contributed by atoms with Crippen LogP contribution in [0.25, 0.3) is 0 Å². The van der Waals surface area contributed by atoms with Crippen LogP contribution in [-0.4, -0.2) is 21.5 Å². The average Bonchev–Trinajstić information content (AvgIpc) is 2.33. The molecule has 0 radical (unpaired) electrons. The lowest BCUT2D eigenvalue weighted by atomic mass is 10.1. The van der Waals surface area contributed by atoms with Crippen LogP contribution in [0.15, 0.2) is 17.3 Å². The predicted molar refractivity (Wildman–Crippen MR) is 67.6 cm³/mol. The highest BCUT2D eigenvalue weighted by Crippen LogP contribution is 2.04. The van der Waals surface area contributed by atoms with Crippen LogP contribution in [0.2, 0.25) is 0 Å². The summed E-state index contributed by atoms with van der Waals surface area (Å²) in [5, 5.41) is 9.51. The second-order valence-corrected chi connectivity index (χ2v) is 4.12. The van der Waals surface area contributed by atoms with E-state index in [1.54, 1.807) is 12.3 Å². The molecule has 0 saturated carbocycles. The van der Waals surface area contributed by atoms with Crippen LogP contribution in [0.4, 0.5) is 5.95 Å². The average molecular weight is 238 g/mol. The lowest BCUT2D eigenvalue weighted by molar-refractivity contribution is 0.175. The molecule has 0 aliphatic carbocycles. The molecule has 5 heteroatoms. The maximum Gasteiger partial charge on any atom is 0.236 e. The normalized spacial score (nSPS) is 11.9. The fourth-order valence-corrected chi connectivity index (χ4v) is 1.63. The van der Waals surface area contributed by atoms with Gasteiger partial charge in [0.2, 0.25) is 5.95 Å². The van der Waals surface area contributed by atoms with Crippen LogP contribution in [-0.2, 0) is 0 Å². The van der Waals surface area contributed by atoms with Crippen molar-refractivity contribution in [3.63, 3.8) is 0 Å². The van der Waals surface area contributed by atoms with Crippen molar-refractivity contribution in [1.82, 2.24) is 9.71 Å². The standard InChI is InChI=1S/C12H22N4O/c1-2-3-4-5-6-7-9-14-11-8-10-15-12(13)16(11)17/h8,10,17H,2-7,9H2,1H3,(H2,13,15). The third kappa shape index (κ3) is 4.89. The van der Waals surface area contributed by atoms with E-state index in [1.165, 1.54) is 32.1 Å². The van der Waals surface area contributed by atoms with Crippen LogP contribution in [0, 0.1) is 0 Å². The smallest absolute Gasteiger partial charge is 0.236 e. The van der Waals surface area contributed by atoms with E-state index in [1.807, 2.05) is 0 Å². The first kappa shape index (κ1) is 13.5. The minimum Gasteiger partial charge on any atom is -0.423 e. The lowest BCUT2D eigenvalue weighted by Crippen LogP contribution is -2.22.